The number of ether oxygens (including phenoxy) is 1. The highest BCUT2D eigenvalue weighted by atomic mass is 32.2. The third-order valence-corrected chi connectivity index (χ3v) is 5.24. The van der Waals surface area contributed by atoms with Crippen LogP contribution in [0.1, 0.15) is 11.1 Å². The fraction of sp³-hybridized carbons (Fsp3) is 0.0526. The Morgan fingerprint density at radius 3 is 2.77 bits per heavy atom. The van der Waals surface area contributed by atoms with Crippen LogP contribution in [0.4, 0.5) is 5.69 Å². The lowest BCUT2D eigenvalue weighted by molar-refractivity contribution is -0.112. The van der Waals surface area contributed by atoms with Crippen molar-refractivity contribution in [1.82, 2.24) is 0 Å². The van der Waals surface area contributed by atoms with E-state index in [0.29, 0.717) is 22.6 Å². The molecule has 130 valence electrons. The zero-order valence-electron chi connectivity index (χ0n) is 13.8. The Morgan fingerprint density at radius 1 is 1.23 bits per heavy atom. The molecular formula is C19H14N2O4S. The minimum absolute atomic E-state index is 0.111. The van der Waals surface area contributed by atoms with Crippen molar-refractivity contribution in [2.45, 2.75) is 4.90 Å². The van der Waals surface area contributed by atoms with E-state index < -0.39 is 15.7 Å². The standard InChI is InChI=1S/C19H14N2O4S/c1-25-17-4-2-3-13(10-17)9-15(12-20)19(22)21-16-6-5-14-7-8-26(23,24)18(14)11-16/h2-11H,1H3,(H,21,22). The van der Waals surface area contributed by atoms with Crippen LogP contribution in [0, 0.1) is 11.3 Å². The molecule has 1 amide bonds. The van der Waals surface area contributed by atoms with Gasteiger partial charge in [-0.15, -0.1) is 0 Å². The number of nitrogens with zero attached hydrogens (tertiary/aromatic N) is 1. The molecule has 0 spiro atoms. The van der Waals surface area contributed by atoms with Gasteiger partial charge in [0.05, 0.1) is 12.0 Å². The van der Waals surface area contributed by atoms with E-state index in [-0.39, 0.29) is 10.5 Å². The van der Waals surface area contributed by atoms with Crippen molar-refractivity contribution in [2.75, 3.05) is 12.4 Å². The quantitative estimate of drug-likeness (QED) is 0.663. The maximum Gasteiger partial charge on any atom is 0.266 e. The molecule has 0 unspecified atom stereocenters. The summed E-state index contributed by atoms with van der Waals surface area (Å²) < 4.78 is 28.9. The second-order valence-electron chi connectivity index (χ2n) is 5.50. The third kappa shape index (κ3) is 3.50. The molecule has 0 bridgehead atoms. The lowest BCUT2D eigenvalue weighted by atomic mass is 10.1. The van der Waals surface area contributed by atoms with Crippen LogP contribution >= 0.6 is 0 Å². The second kappa shape index (κ2) is 6.86. The van der Waals surface area contributed by atoms with Gasteiger partial charge < -0.3 is 10.1 Å². The Hall–Kier alpha value is -3.37. The number of nitrogens with one attached hydrogen (secondary N) is 1. The number of rotatable bonds is 4. The van der Waals surface area contributed by atoms with E-state index in [0.717, 1.165) is 5.41 Å². The topological polar surface area (TPSA) is 96.3 Å². The highest BCUT2D eigenvalue weighted by Crippen LogP contribution is 2.29. The number of anilines is 1. The van der Waals surface area contributed by atoms with Crippen molar-refractivity contribution in [3.8, 4) is 11.8 Å². The zero-order chi connectivity index (χ0) is 18.7. The number of carbonyl (C=O) groups excluding carboxylic acids is 1. The molecule has 0 atom stereocenters. The molecule has 1 aliphatic heterocycles. The summed E-state index contributed by atoms with van der Waals surface area (Å²) in [5, 5.41) is 13.0. The summed E-state index contributed by atoms with van der Waals surface area (Å²) >= 11 is 0. The molecule has 0 fully saturated rings. The molecule has 2 aromatic rings. The third-order valence-electron chi connectivity index (χ3n) is 3.77. The van der Waals surface area contributed by atoms with Crippen LogP contribution in [-0.2, 0) is 14.6 Å². The van der Waals surface area contributed by atoms with E-state index in [9.17, 15) is 18.5 Å². The number of hydrogen-bond acceptors (Lipinski definition) is 5. The molecule has 0 aromatic heterocycles. The van der Waals surface area contributed by atoms with Crippen LogP contribution in [0.2, 0.25) is 0 Å². The van der Waals surface area contributed by atoms with Crippen LogP contribution < -0.4 is 10.1 Å². The molecule has 7 heteroatoms. The van der Waals surface area contributed by atoms with Crippen molar-refractivity contribution < 1.29 is 17.9 Å². The van der Waals surface area contributed by atoms with E-state index in [2.05, 4.69) is 5.32 Å². The van der Waals surface area contributed by atoms with Crippen molar-refractivity contribution >= 4 is 33.6 Å². The first-order valence-electron chi connectivity index (χ1n) is 7.57. The van der Waals surface area contributed by atoms with Gasteiger partial charge in [-0.25, -0.2) is 8.42 Å². The number of nitriles is 1. The van der Waals surface area contributed by atoms with Crippen LogP contribution in [0.5, 0.6) is 5.75 Å². The van der Waals surface area contributed by atoms with Gasteiger partial charge in [0.15, 0.2) is 0 Å². The maximum atomic E-state index is 12.4. The van der Waals surface area contributed by atoms with Gasteiger partial charge >= 0.3 is 0 Å². The Labute approximate surface area is 151 Å². The molecule has 6 nitrogen and oxygen atoms in total. The average Bonchev–Trinajstić information content (AvgIpc) is 2.94. The minimum atomic E-state index is -3.47. The summed E-state index contributed by atoms with van der Waals surface area (Å²) in [4.78, 5) is 12.5. The number of carbonyl (C=O) groups is 1. The molecule has 0 aliphatic carbocycles. The summed E-state index contributed by atoms with van der Waals surface area (Å²) in [7, 11) is -1.95. The zero-order valence-corrected chi connectivity index (χ0v) is 14.6. The summed E-state index contributed by atoms with van der Waals surface area (Å²) in [6.07, 6.45) is 2.93. The van der Waals surface area contributed by atoms with Gasteiger partial charge in [0.2, 0.25) is 9.84 Å². The maximum absolute atomic E-state index is 12.4. The Bertz CT molecular complexity index is 1090. The molecule has 26 heavy (non-hydrogen) atoms. The Morgan fingerprint density at radius 2 is 2.04 bits per heavy atom. The summed E-state index contributed by atoms with van der Waals surface area (Å²) in [5.41, 5.74) is 1.39. The molecule has 3 rings (SSSR count). The van der Waals surface area contributed by atoms with Crippen molar-refractivity contribution in [2.24, 2.45) is 0 Å². The number of hydrogen-bond donors (Lipinski definition) is 1. The molecule has 0 saturated carbocycles. The largest absolute Gasteiger partial charge is 0.497 e. The van der Waals surface area contributed by atoms with Crippen LogP contribution in [0.15, 0.2) is 58.3 Å². The van der Waals surface area contributed by atoms with Crippen molar-refractivity contribution in [1.29, 1.82) is 5.26 Å². The van der Waals surface area contributed by atoms with Gasteiger partial charge in [-0.1, -0.05) is 18.2 Å². The average molecular weight is 366 g/mol. The van der Waals surface area contributed by atoms with E-state index in [1.54, 1.807) is 36.4 Å². The van der Waals surface area contributed by atoms with Gasteiger partial charge in [0.25, 0.3) is 5.91 Å². The molecule has 1 aliphatic rings. The monoisotopic (exact) mass is 366 g/mol. The highest BCUT2D eigenvalue weighted by molar-refractivity contribution is 7.94. The molecule has 1 N–H and O–H groups in total. The Kier molecular flexibility index (Phi) is 4.61. The first-order chi connectivity index (χ1) is 12.4. The molecular weight excluding hydrogens is 352 g/mol. The lowest BCUT2D eigenvalue weighted by Gasteiger charge is -2.07. The summed E-state index contributed by atoms with van der Waals surface area (Å²) in [5.74, 6) is -0.0219. The molecule has 2 aromatic carbocycles. The van der Waals surface area contributed by atoms with E-state index in [1.807, 2.05) is 6.07 Å². The smallest absolute Gasteiger partial charge is 0.266 e. The fourth-order valence-corrected chi connectivity index (χ4v) is 3.71. The first-order valence-corrected chi connectivity index (χ1v) is 9.12. The number of amides is 1. The summed E-state index contributed by atoms with van der Waals surface area (Å²) in [6, 6.07) is 13.3. The number of fused-ring (bicyclic) bond motifs is 1. The van der Waals surface area contributed by atoms with E-state index in [1.165, 1.54) is 25.3 Å². The molecule has 0 radical (unpaired) electrons. The highest BCUT2D eigenvalue weighted by Gasteiger charge is 2.21. The molecule has 0 saturated heterocycles. The van der Waals surface area contributed by atoms with Gasteiger partial charge in [-0.3, -0.25) is 4.79 Å². The van der Waals surface area contributed by atoms with Crippen molar-refractivity contribution in [3.63, 3.8) is 0 Å². The van der Waals surface area contributed by atoms with Gasteiger partial charge in [-0.05, 0) is 47.5 Å². The predicted molar refractivity (Wildman–Crippen MR) is 97.9 cm³/mol. The van der Waals surface area contributed by atoms with Gasteiger partial charge in [0.1, 0.15) is 17.4 Å². The predicted octanol–water partition coefficient (Wildman–Crippen LogP) is 3.00. The minimum Gasteiger partial charge on any atom is -0.497 e. The van der Waals surface area contributed by atoms with Gasteiger partial charge in [0, 0.05) is 11.1 Å². The Balaban J connectivity index is 1.85. The number of methoxy groups -OCH3 is 1. The van der Waals surface area contributed by atoms with E-state index >= 15 is 0 Å². The molecule has 1 heterocycles. The summed E-state index contributed by atoms with van der Waals surface area (Å²) in [6.45, 7) is 0. The van der Waals surface area contributed by atoms with Crippen molar-refractivity contribution in [3.05, 3.63) is 64.6 Å². The van der Waals surface area contributed by atoms with Crippen LogP contribution in [0.25, 0.3) is 12.2 Å². The van der Waals surface area contributed by atoms with Crippen LogP contribution in [0.3, 0.4) is 0 Å². The SMILES string of the molecule is COc1cccc(C=C(C#N)C(=O)Nc2ccc3c(c2)S(=O)(=O)C=C3)c1. The number of sulfone groups is 1. The fourth-order valence-electron chi connectivity index (χ4n) is 2.48. The first kappa shape index (κ1) is 17.5. The van der Waals surface area contributed by atoms with Gasteiger partial charge in [-0.2, -0.15) is 5.26 Å². The normalized spacial score (nSPS) is 14.4. The van der Waals surface area contributed by atoms with E-state index in [4.69, 9.17) is 4.74 Å². The second-order valence-corrected chi connectivity index (χ2v) is 7.30. The van der Waals surface area contributed by atoms with Crippen LogP contribution in [-0.4, -0.2) is 21.4 Å². The number of benzene rings is 2. The lowest BCUT2D eigenvalue weighted by Crippen LogP contribution is -2.13.